The molecule has 0 aliphatic carbocycles. The molecule has 1 aliphatic rings. The summed E-state index contributed by atoms with van der Waals surface area (Å²) < 4.78 is 0. The zero-order chi connectivity index (χ0) is 12.5. The van der Waals surface area contributed by atoms with E-state index in [9.17, 15) is 0 Å². The van der Waals surface area contributed by atoms with Gasteiger partial charge in [0.2, 0.25) is 0 Å². The van der Waals surface area contributed by atoms with E-state index in [2.05, 4.69) is 42.2 Å². The summed E-state index contributed by atoms with van der Waals surface area (Å²) in [7, 11) is 0. The second kappa shape index (κ2) is 4.77. The molecule has 0 spiro atoms. The van der Waals surface area contributed by atoms with Crippen molar-refractivity contribution in [2.45, 2.75) is 19.2 Å². The zero-order valence-electron chi connectivity index (χ0n) is 10.6. The highest BCUT2D eigenvalue weighted by molar-refractivity contribution is 6.17. The molecule has 2 heterocycles. The molecule has 1 aromatic heterocycles. The van der Waals surface area contributed by atoms with Crippen molar-refractivity contribution < 1.29 is 0 Å². The molecule has 1 fully saturated rings. The van der Waals surface area contributed by atoms with E-state index < -0.39 is 0 Å². The lowest BCUT2D eigenvalue weighted by Crippen LogP contribution is -2.21. The van der Waals surface area contributed by atoms with Gasteiger partial charge in [0, 0.05) is 18.5 Å². The summed E-state index contributed by atoms with van der Waals surface area (Å²) >= 11 is 5.95. The molecule has 2 nitrogen and oxygen atoms in total. The van der Waals surface area contributed by atoms with Gasteiger partial charge in [-0.3, -0.25) is 0 Å². The van der Waals surface area contributed by atoms with E-state index in [1.165, 1.54) is 17.2 Å². The van der Waals surface area contributed by atoms with Crippen LogP contribution >= 0.6 is 11.6 Å². The van der Waals surface area contributed by atoms with E-state index >= 15 is 0 Å². The number of anilines is 1. The topological polar surface area (TPSA) is 16.1 Å². The van der Waals surface area contributed by atoms with Crippen LogP contribution in [0.3, 0.4) is 0 Å². The molecule has 3 heteroatoms. The lowest BCUT2D eigenvalue weighted by Gasteiger charge is -2.20. The van der Waals surface area contributed by atoms with Gasteiger partial charge in [-0.1, -0.05) is 31.2 Å². The molecule has 1 saturated heterocycles. The quantitative estimate of drug-likeness (QED) is 0.763. The molecule has 3 rings (SSSR count). The maximum absolute atomic E-state index is 5.95. The Morgan fingerprint density at radius 1 is 1.39 bits per heavy atom. The van der Waals surface area contributed by atoms with Crippen LogP contribution in [0.25, 0.3) is 10.8 Å². The van der Waals surface area contributed by atoms with Gasteiger partial charge in [-0.05, 0) is 23.8 Å². The van der Waals surface area contributed by atoms with E-state index in [-0.39, 0.29) is 0 Å². The Hall–Kier alpha value is -1.28. The van der Waals surface area contributed by atoms with Crippen LogP contribution < -0.4 is 4.90 Å². The number of hydrogen-bond acceptors (Lipinski definition) is 2. The minimum absolute atomic E-state index is 0.473. The molecular formula is C15H17ClN2. The van der Waals surface area contributed by atoms with Crippen LogP contribution in [0.5, 0.6) is 0 Å². The molecule has 1 atom stereocenters. The van der Waals surface area contributed by atoms with Gasteiger partial charge in [0.15, 0.2) is 0 Å². The summed E-state index contributed by atoms with van der Waals surface area (Å²) in [6.45, 7) is 4.50. The Labute approximate surface area is 113 Å². The van der Waals surface area contributed by atoms with Crippen molar-refractivity contribution in [2.24, 2.45) is 5.92 Å². The van der Waals surface area contributed by atoms with Gasteiger partial charge in [-0.25, -0.2) is 4.98 Å². The lowest BCUT2D eigenvalue weighted by molar-refractivity contribution is 0.659. The van der Waals surface area contributed by atoms with Crippen molar-refractivity contribution in [3.63, 3.8) is 0 Å². The first kappa shape index (κ1) is 11.8. The summed E-state index contributed by atoms with van der Waals surface area (Å²) in [5.41, 5.74) is 0.963. The summed E-state index contributed by atoms with van der Waals surface area (Å²) in [5.74, 6) is 2.33. The Morgan fingerprint density at radius 3 is 2.94 bits per heavy atom. The van der Waals surface area contributed by atoms with Crippen LogP contribution in [0, 0.1) is 5.92 Å². The molecule has 0 saturated carbocycles. The van der Waals surface area contributed by atoms with Crippen molar-refractivity contribution in [3.8, 4) is 0 Å². The smallest absolute Gasteiger partial charge is 0.136 e. The number of alkyl halides is 1. The van der Waals surface area contributed by atoms with Gasteiger partial charge < -0.3 is 4.90 Å². The number of benzene rings is 1. The zero-order valence-corrected chi connectivity index (χ0v) is 11.3. The summed E-state index contributed by atoms with van der Waals surface area (Å²) in [5, 5.41) is 2.47. The highest BCUT2D eigenvalue weighted by Crippen LogP contribution is 2.30. The molecule has 1 unspecified atom stereocenters. The van der Waals surface area contributed by atoms with Crippen LogP contribution in [0.4, 0.5) is 5.82 Å². The second-order valence-electron chi connectivity index (χ2n) is 5.13. The molecular weight excluding hydrogens is 244 g/mol. The largest absolute Gasteiger partial charge is 0.356 e. The fraction of sp³-hybridized carbons (Fsp3) is 0.400. The number of nitrogens with zero attached hydrogens (tertiary/aromatic N) is 2. The molecule has 18 heavy (non-hydrogen) atoms. The van der Waals surface area contributed by atoms with Crippen LogP contribution in [-0.4, -0.2) is 18.1 Å². The molecule has 0 radical (unpaired) electrons. The number of fused-ring (bicyclic) bond motifs is 1. The first-order valence-corrected chi connectivity index (χ1v) is 7.01. The van der Waals surface area contributed by atoms with Gasteiger partial charge in [0.05, 0.1) is 11.6 Å². The highest BCUT2D eigenvalue weighted by Gasteiger charge is 2.21. The van der Waals surface area contributed by atoms with Crippen LogP contribution in [0.2, 0.25) is 0 Å². The Morgan fingerprint density at radius 2 is 2.22 bits per heavy atom. The van der Waals surface area contributed by atoms with Crippen molar-refractivity contribution >= 4 is 28.2 Å². The number of rotatable bonds is 2. The Balaban J connectivity index is 2.13. The number of pyridine rings is 1. The van der Waals surface area contributed by atoms with E-state index in [0.29, 0.717) is 5.88 Å². The maximum atomic E-state index is 5.95. The van der Waals surface area contributed by atoms with Crippen LogP contribution in [0.15, 0.2) is 30.3 Å². The minimum atomic E-state index is 0.473. The Kier molecular flexibility index (Phi) is 3.13. The number of hydrogen-bond donors (Lipinski definition) is 0. The standard InChI is InChI=1S/C15H17ClN2/c1-11-6-7-18(10-11)15-14-5-3-2-4-12(14)8-13(9-16)17-15/h2-5,8,11H,6-7,9-10H2,1H3. The molecule has 94 valence electrons. The minimum Gasteiger partial charge on any atom is -0.356 e. The first-order valence-electron chi connectivity index (χ1n) is 6.47. The third-order valence-corrected chi connectivity index (χ3v) is 3.91. The van der Waals surface area contributed by atoms with Crippen molar-refractivity contribution in [1.29, 1.82) is 0 Å². The lowest BCUT2D eigenvalue weighted by atomic mass is 10.1. The molecule has 0 bridgehead atoms. The van der Waals surface area contributed by atoms with Gasteiger partial charge >= 0.3 is 0 Å². The summed E-state index contributed by atoms with van der Waals surface area (Å²) in [4.78, 5) is 7.12. The van der Waals surface area contributed by atoms with Crippen molar-refractivity contribution in [2.75, 3.05) is 18.0 Å². The fourth-order valence-electron chi connectivity index (χ4n) is 2.67. The third-order valence-electron chi connectivity index (χ3n) is 3.63. The van der Waals surface area contributed by atoms with E-state index in [1.54, 1.807) is 0 Å². The normalized spacial score (nSPS) is 19.7. The van der Waals surface area contributed by atoms with Gasteiger partial charge in [0.25, 0.3) is 0 Å². The van der Waals surface area contributed by atoms with Crippen molar-refractivity contribution in [3.05, 3.63) is 36.0 Å². The molecule has 1 aromatic carbocycles. The SMILES string of the molecule is CC1CCN(c2nc(CCl)cc3ccccc23)C1. The van der Waals surface area contributed by atoms with Crippen molar-refractivity contribution in [1.82, 2.24) is 4.98 Å². The van der Waals surface area contributed by atoms with Crippen LogP contribution in [0.1, 0.15) is 19.0 Å². The van der Waals surface area contributed by atoms with E-state index in [4.69, 9.17) is 16.6 Å². The van der Waals surface area contributed by atoms with Crippen LogP contribution in [-0.2, 0) is 5.88 Å². The molecule has 0 N–H and O–H groups in total. The second-order valence-corrected chi connectivity index (χ2v) is 5.40. The average molecular weight is 261 g/mol. The maximum Gasteiger partial charge on any atom is 0.136 e. The first-order chi connectivity index (χ1) is 8.78. The monoisotopic (exact) mass is 260 g/mol. The highest BCUT2D eigenvalue weighted by atomic mass is 35.5. The average Bonchev–Trinajstić information content (AvgIpc) is 2.84. The van der Waals surface area contributed by atoms with E-state index in [1.807, 2.05) is 0 Å². The Bertz CT molecular complexity index is 567. The molecule has 0 amide bonds. The predicted molar refractivity (Wildman–Crippen MR) is 77.3 cm³/mol. The molecule has 1 aliphatic heterocycles. The number of halogens is 1. The molecule has 2 aromatic rings. The van der Waals surface area contributed by atoms with E-state index in [0.717, 1.165) is 30.5 Å². The van der Waals surface area contributed by atoms with Gasteiger partial charge in [-0.2, -0.15) is 0 Å². The van der Waals surface area contributed by atoms with Gasteiger partial charge in [-0.15, -0.1) is 11.6 Å². The summed E-state index contributed by atoms with van der Waals surface area (Å²) in [6.07, 6.45) is 1.25. The fourth-order valence-corrected chi connectivity index (χ4v) is 2.81. The third kappa shape index (κ3) is 2.05. The number of aromatic nitrogens is 1. The summed E-state index contributed by atoms with van der Waals surface area (Å²) in [6, 6.07) is 10.5. The van der Waals surface area contributed by atoms with Gasteiger partial charge in [0.1, 0.15) is 5.82 Å². The predicted octanol–water partition coefficient (Wildman–Crippen LogP) is 3.82.